The number of hydrogen-bond donors (Lipinski definition) is 2. The van der Waals surface area contributed by atoms with Crippen molar-refractivity contribution in [1.82, 2.24) is 5.12 Å². The van der Waals surface area contributed by atoms with Crippen LogP contribution in [0, 0.1) is 0 Å². The van der Waals surface area contributed by atoms with Crippen molar-refractivity contribution in [1.29, 1.82) is 0 Å². The van der Waals surface area contributed by atoms with E-state index >= 15 is 0 Å². The molecule has 0 unspecified atom stereocenters. The maximum Gasteiger partial charge on any atom is 0.416 e. The molecule has 0 saturated heterocycles. The Kier molecular flexibility index (Phi) is 5.02. The number of aliphatic imine (C=N–C) groups is 1. The molecule has 0 heterocycles. The molecule has 0 bridgehead atoms. The van der Waals surface area contributed by atoms with E-state index in [4.69, 9.17) is 11.6 Å². The molecule has 0 amide bonds. The topological polar surface area (TPSA) is 80.0 Å². The third kappa shape index (κ3) is 5.24. The normalized spacial score (nSPS) is 13.7. The summed E-state index contributed by atoms with van der Waals surface area (Å²) in [6.07, 6.45) is -9.13. The van der Waals surface area contributed by atoms with Gasteiger partial charge < -0.3 is 5.73 Å². The van der Waals surface area contributed by atoms with Crippen LogP contribution < -0.4 is 11.6 Å². The van der Waals surface area contributed by atoms with E-state index < -0.39 is 35.0 Å². The minimum absolute atomic E-state index is 0.0163. The minimum Gasteiger partial charge on any atom is -0.367 e. The predicted octanol–water partition coefficient (Wildman–Crippen LogP) is 2.18. The monoisotopic (exact) mass is 327 g/mol. The van der Waals surface area contributed by atoms with E-state index in [1.54, 1.807) is 0 Å². The van der Waals surface area contributed by atoms with Gasteiger partial charge in [-0.1, -0.05) is 0 Å². The molecule has 0 atom stereocenters. The third-order valence-electron chi connectivity index (χ3n) is 2.22. The van der Waals surface area contributed by atoms with Crippen LogP contribution in [-0.4, -0.2) is 24.3 Å². The third-order valence-corrected chi connectivity index (χ3v) is 2.22. The second-order valence-corrected chi connectivity index (χ2v) is 4.13. The molecule has 0 radical (unpaired) electrons. The van der Waals surface area contributed by atoms with Crippen molar-refractivity contribution < 1.29 is 26.3 Å². The van der Waals surface area contributed by atoms with E-state index in [2.05, 4.69) is 10.1 Å². The number of nitrogens with two attached hydrogens (primary N) is 2. The first kappa shape index (κ1) is 17.8. The number of hydrazine groups is 1. The van der Waals surface area contributed by atoms with E-state index in [0.717, 1.165) is 11.3 Å². The van der Waals surface area contributed by atoms with Crippen LogP contribution in [0.25, 0.3) is 0 Å². The molecule has 11 heteroatoms. The van der Waals surface area contributed by atoms with Gasteiger partial charge in [0.2, 0.25) is 5.96 Å². The highest BCUT2D eigenvalue weighted by atomic mass is 19.4. The lowest BCUT2D eigenvalue weighted by Gasteiger charge is -2.12. The van der Waals surface area contributed by atoms with Crippen molar-refractivity contribution in [3.63, 3.8) is 0 Å². The molecule has 0 saturated carbocycles. The summed E-state index contributed by atoms with van der Waals surface area (Å²) in [5.74, 6) is 4.68. The SMILES string of the molecule is CN(N)/N=C(N)/N=C\c1cc(C(F)(F)F)cc(C(F)(F)F)c1. The van der Waals surface area contributed by atoms with E-state index in [1.165, 1.54) is 7.05 Å². The Balaban J connectivity index is 3.28. The molecule has 0 aliphatic rings. The summed E-state index contributed by atoms with van der Waals surface area (Å²) in [4.78, 5) is 3.43. The Morgan fingerprint density at radius 2 is 1.50 bits per heavy atom. The first-order valence-electron chi connectivity index (χ1n) is 5.55. The van der Waals surface area contributed by atoms with E-state index in [9.17, 15) is 26.3 Å². The van der Waals surface area contributed by atoms with Crippen LogP contribution in [0.4, 0.5) is 26.3 Å². The Labute approximate surface area is 120 Å². The first-order valence-corrected chi connectivity index (χ1v) is 5.55. The van der Waals surface area contributed by atoms with Crippen molar-refractivity contribution >= 4 is 12.2 Å². The molecule has 22 heavy (non-hydrogen) atoms. The molecule has 4 N–H and O–H groups in total. The summed E-state index contributed by atoms with van der Waals surface area (Å²) < 4.78 is 75.7. The smallest absolute Gasteiger partial charge is 0.367 e. The van der Waals surface area contributed by atoms with Gasteiger partial charge in [0.15, 0.2) is 0 Å². The van der Waals surface area contributed by atoms with Crippen LogP contribution in [0.3, 0.4) is 0 Å². The number of hydrogen-bond acceptors (Lipinski definition) is 3. The second kappa shape index (κ2) is 6.22. The van der Waals surface area contributed by atoms with Crippen LogP contribution in [0.5, 0.6) is 0 Å². The maximum atomic E-state index is 12.6. The molecule has 1 aromatic rings. The minimum atomic E-state index is -4.93. The molecule has 0 spiro atoms. The number of hydrazone groups is 1. The van der Waals surface area contributed by atoms with Crippen LogP contribution in [0.1, 0.15) is 16.7 Å². The van der Waals surface area contributed by atoms with Gasteiger partial charge in [-0.3, -0.25) is 0 Å². The molecular weight excluding hydrogens is 316 g/mol. The Morgan fingerprint density at radius 1 is 1.05 bits per heavy atom. The summed E-state index contributed by atoms with van der Waals surface area (Å²) >= 11 is 0. The van der Waals surface area contributed by atoms with Gasteiger partial charge in [0.05, 0.1) is 11.1 Å². The zero-order valence-corrected chi connectivity index (χ0v) is 11.1. The summed E-state index contributed by atoms with van der Waals surface area (Å²) in [5.41, 5.74) is 1.93. The van der Waals surface area contributed by atoms with Crippen LogP contribution in [-0.2, 0) is 12.4 Å². The first-order chi connectivity index (χ1) is 9.89. The number of halogens is 6. The van der Waals surface area contributed by atoms with Gasteiger partial charge in [-0.2, -0.15) is 26.3 Å². The summed E-state index contributed by atoms with van der Waals surface area (Å²) in [6.45, 7) is 0. The number of nitrogens with zero attached hydrogens (tertiary/aromatic N) is 3. The number of benzene rings is 1. The highest BCUT2D eigenvalue weighted by Crippen LogP contribution is 2.35. The van der Waals surface area contributed by atoms with Crippen LogP contribution in [0.15, 0.2) is 28.3 Å². The highest BCUT2D eigenvalue weighted by Gasteiger charge is 2.36. The quantitative estimate of drug-likeness (QED) is 0.287. The largest absolute Gasteiger partial charge is 0.416 e. The maximum absolute atomic E-state index is 12.6. The van der Waals surface area contributed by atoms with Crippen LogP contribution in [0.2, 0.25) is 0 Å². The average molecular weight is 327 g/mol. The van der Waals surface area contributed by atoms with Crippen molar-refractivity contribution in [2.45, 2.75) is 12.4 Å². The molecule has 1 aromatic carbocycles. The van der Waals surface area contributed by atoms with Gasteiger partial charge in [0.1, 0.15) is 0 Å². The molecule has 1 rings (SSSR count). The van der Waals surface area contributed by atoms with Gasteiger partial charge >= 0.3 is 12.4 Å². The molecule has 0 aromatic heterocycles. The standard InChI is InChI=1S/C11H11F6N5/c1-22(19)21-9(18)20-5-6-2-7(10(12,13)14)4-8(3-6)11(15,16)17/h2-5H,19H2,1H3,(H2,18,21)/b20-5-. The van der Waals surface area contributed by atoms with Gasteiger partial charge in [0, 0.05) is 13.3 Å². The molecule has 0 aliphatic carbocycles. The fourth-order valence-electron chi connectivity index (χ4n) is 1.38. The van der Waals surface area contributed by atoms with Gasteiger partial charge in [0.25, 0.3) is 0 Å². The Bertz CT molecular complexity index is 555. The second-order valence-electron chi connectivity index (χ2n) is 4.13. The number of guanidine groups is 1. The Hall–Kier alpha value is -2.30. The summed E-state index contributed by atoms with van der Waals surface area (Å²) in [6, 6.07) is 1.04. The van der Waals surface area contributed by atoms with E-state index in [1.807, 2.05) is 0 Å². The summed E-state index contributed by atoms with van der Waals surface area (Å²) in [5, 5.41) is 4.18. The zero-order chi connectivity index (χ0) is 17.1. The average Bonchev–Trinajstić information content (AvgIpc) is 2.33. The lowest BCUT2D eigenvalue weighted by Crippen LogP contribution is -2.24. The zero-order valence-electron chi connectivity index (χ0n) is 11.1. The molecular formula is C11H11F6N5. The van der Waals surface area contributed by atoms with Gasteiger partial charge in [-0.05, 0) is 23.8 Å². The van der Waals surface area contributed by atoms with E-state index in [-0.39, 0.29) is 6.07 Å². The predicted molar refractivity (Wildman–Crippen MR) is 67.6 cm³/mol. The molecule has 5 nitrogen and oxygen atoms in total. The Morgan fingerprint density at radius 3 is 1.86 bits per heavy atom. The lowest BCUT2D eigenvalue weighted by atomic mass is 10.1. The number of rotatable bonds is 2. The summed E-state index contributed by atoms with van der Waals surface area (Å²) in [7, 11) is 1.30. The lowest BCUT2D eigenvalue weighted by molar-refractivity contribution is -0.143. The van der Waals surface area contributed by atoms with Gasteiger partial charge in [-0.25, -0.2) is 16.0 Å². The van der Waals surface area contributed by atoms with Crippen LogP contribution >= 0.6 is 0 Å². The van der Waals surface area contributed by atoms with Crippen molar-refractivity contribution in [2.24, 2.45) is 21.7 Å². The fourth-order valence-corrected chi connectivity index (χ4v) is 1.38. The van der Waals surface area contributed by atoms with Crippen molar-refractivity contribution in [3.8, 4) is 0 Å². The molecule has 122 valence electrons. The number of alkyl halides is 6. The molecule has 0 fully saturated rings. The van der Waals surface area contributed by atoms with E-state index in [0.29, 0.717) is 12.1 Å². The van der Waals surface area contributed by atoms with Gasteiger partial charge in [-0.15, -0.1) is 5.10 Å². The van der Waals surface area contributed by atoms with Crippen molar-refractivity contribution in [2.75, 3.05) is 7.05 Å². The fraction of sp³-hybridized carbons (Fsp3) is 0.273. The molecule has 0 aliphatic heterocycles. The van der Waals surface area contributed by atoms with Crippen molar-refractivity contribution in [3.05, 3.63) is 34.9 Å². The highest BCUT2D eigenvalue weighted by molar-refractivity contribution is 5.92.